The molecule has 0 spiro atoms. The maximum atomic E-state index is 8.80. The van der Waals surface area contributed by atoms with E-state index in [1.165, 1.54) is 0 Å². The highest BCUT2D eigenvalue weighted by atomic mass is 15.2. The summed E-state index contributed by atoms with van der Waals surface area (Å²) in [6.45, 7) is 6.20. The summed E-state index contributed by atoms with van der Waals surface area (Å²) in [5, 5.41) is 8.80. The molecule has 0 radical (unpaired) electrons. The first-order chi connectivity index (χ1) is 5.65. The predicted octanol–water partition coefficient (Wildman–Crippen LogP) is 0.568. The van der Waals surface area contributed by atoms with Crippen LogP contribution < -0.4 is 5.73 Å². The molecular formula is C9H17N3. The minimum absolute atomic E-state index is 0.0288. The molecule has 0 aliphatic carbocycles. The van der Waals surface area contributed by atoms with Gasteiger partial charge in [-0.2, -0.15) is 5.26 Å². The van der Waals surface area contributed by atoms with Crippen molar-refractivity contribution >= 4 is 0 Å². The number of hydrogen-bond donors (Lipinski definition) is 1. The number of nitrogens with two attached hydrogens (primary N) is 1. The SMILES string of the molecule is CC(C)N1CCC(N)[C@@H](C#N)C1. The molecule has 12 heavy (non-hydrogen) atoms. The number of hydrogen-bond acceptors (Lipinski definition) is 3. The second-order valence-electron chi connectivity index (χ2n) is 3.78. The maximum Gasteiger partial charge on any atom is 0.0741 e. The van der Waals surface area contributed by atoms with E-state index in [4.69, 9.17) is 11.0 Å². The molecule has 68 valence electrons. The van der Waals surface area contributed by atoms with Crippen LogP contribution in [0.5, 0.6) is 0 Å². The van der Waals surface area contributed by atoms with E-state index in [0.717, 1.165) is 19.5 Å². The van der Waals surface area contributed by atoms with E-state index in [1.807, 2.05) is 0 Å². The molecule has 1 aliphatic rings. The van der Waals surface area contributed by atoms with Gasteiger partial charge < -0.3 is 5.73 Å². The number of likely N-dealkylation sites (tertiary alicyclic amines) is 1. The van der Waals surface area contributed by atoms with Crippen LogP contribution in [0.2, 0.25) is 0 Å². The monoisotopic (exact) mass is 167 g/mol. The summed E-state index contributed by atoms with van der Waals surface area (Å²) >= 11 is 0. The molecule has 1 aliphatic heterocycles. The molecule has 1 rings (SSSR count). The van der Waals surface area contributed by atoms with Crippen LogP contribution >= 0.6 is 0 Å². The van der Waals surface area contributed by atoms with Gasteiger partial charge >= 0.3 is 0 Å². The summed E-state index contributed by atoms with van der Waals surface area (Å²) in [5.74, 6) is 0.0288. The van der Waals surface area contributed by atoms with Crippen LogP contribution in [0.25, 0.3) is 0 Å². The van der Waals surface area contributed by atoms with E-state index in [-0.39, 0.29) is 12.0 Å². The lowest BCUT2D eigenvalue weighted by atomic mass is 9.93. The van der Waals surface area contributed by atoms with Gasteiger partial charge in [-0.3, -0.25) is 4.90 Å². The van der Waals surface area contributed by atoms with Crippen molar-refractivity contribution in [3.8, 4) is 6.07 Å². The zero-order valence-corrected chi connectivity index (χ0v) is 7.83. The largest absolute Gasteiger partial charge is 0.326 e. The minimum Gasteiger partial charge on any atom is -0.326 e. The molecule has 2 atom stereocenters. The number of rotatable bonds is 1. The second kappa shape index (κ2) is 3.88. The summed E-state index contributed by atoms with van der Waals surface area (Å²) in [5.41, 5.74) is 5.80. The van der Waals surface area contributed by atoms with Crippen LogP contribution in [0.15, 0.2) is 0 Å². The standard InChI is InChI=1S/C9H17N3/c1-7(2)12-4-3-9(11)8(5-10)6-12/h7-9H,3-4,6,11H2,1-2H3/t8-,9?/m0/s1. The summed E-state index contributed by atoms with van der Waals surface area (Å²) in [6.07, 6.45) is 0.955. The van der Waals surface area contributed by atoms with Crippen LogP contribution in [0.4, 0.5) is 0 Å². The van der Waals surface area contributed by atoms with E-state index < -0.39 is 0 Å². The quantitative estimate of drug-likeness (QED) is 0.621. The summed E-state index contributed by atoms with van der Waals surface area (Å²) in [6, 6.07) is 2.90. The zero-order chi connectivity index (χ0) is 9.14. The lowest BCUT2D eigenvalue weighted by Crippen LogP contribution is -2.48. The van der Waals surface area contributed by atoms with Gasteiger partial charge in [-0.1, -0.05) is 0 Å². The van der Waals surface area contributed by atoms with Gasteiger partial charge in [0.1, 0.15) is 0 Å². The molecule has 0 amide bonds. The van der Waals surface area contributed by atoms with E-state index in [0.29, 0.717) is 6.04 Å². The highest BCUT2D eigenvalue weighted by Gasteiger charge is 2.27. The summed E-state index contributed by atoms with van der Waals surface area (Å²) in [7, 11) is 0. The predicted molar refractivity (Wildman–Crippen MR) is 48.4 cm³/mol. The van der Waals surface area contributed by atoms with Crippen LogP contribution in [0.1, 0.15) is 20.3 Å². The maximum absolute atomic E-state index is 8.80. The lowest BCUT2D eigenvalue weighted by molar-refractivity contribution is 0.146. The fraction of sp³-hybridized carbons (Fsp3) is 0.889. The van der Waals surface area contributed by atoms with Crippen molar-refractivity contribution in [1.82, 2.24) is 4.90 Å². The molecule has 1 fully saturated rings. The molecule has 2 N–H and O–H groups in total. The topological polar surface area (TPSA) is 53.0 Å². The van der Waals surface area contributed by atoms with Gasteiger partial charge in [0, 0.05) is 18.6 Å². The molecule has 1 saturated heterocycles. The van der Waals surface area contributed by atoms with Crippen molar-refractivity contribution in [2.45, 2.75) is 32.4 Å². The third-order valence-electron chi connectivity index (χ3n) is 2.59. The third kappa shape index (κ3) is 1.96. The Morgan fingerprint density at radius 1 is 1.58 bits per heavy atom. The van der Waals surface area contributed by atoms with Crippen LogP contribution in [0.3, 0.4) is 0 Å². The van der Waals surface area contributed by atoms with E-state index in [1.54, 1.807) is 0 Å². The Hall–Kier alpha value is -0.590. The molecule has 0 saturated carbocycles. The highest BCUT2D eigenvalue weighted by molar-refractivity contribution is 4.96. The van der Waals surface area contributed by atoms with Gasteiger partial charge in [0.2, 0.25) is 0 Å². The summed E-state index contributed by atoms with van der Waals surface area (Å²) < 4.78 is 0. The smallest absolute Gasteiger partial charge is 0.0741 e. The molecule has 3 nitrogen and oxygen atoms in total. The minimum atomic E-state index is 0.0288. The average molecular weight is 167 g/mol. The van der Waals surface area contributed by atoms with E-state index in [2.05, 4.69) is 24.8 Å². The van der Waals surface area contributed by atoms with Crippen LogP contribution in [-0.4, -0.2) is 30.1 Å². The van der Waals surface area contributed by atoms with Crippen LogP contribution in [0, 0.1) is 17.2 Å². The molecule has 1 heterocycles. The number of nitrogens with zero attached hydrogens (tertiary/aromatic N) is 2. The average Bonchev–Trinajstić information content (AvgIpc) is 2.05. The molecule has 0 aromatic rings. The third-order valence-corrected chi connectivity index (χ3v) is 2.59. The van der Waals surface area contributed by atoms with Gasteiger partial charge in [-0.15, -0.1) is 0 Å². The molecule has 1 unspecified atom stereocenters. The first-order valence-corrected chi connectivity index (χ1v) is 4.54. The Kier molecular flexibility index (Phi) is 3.07. The van der Waals surface area contributed by atoms with Gasteiger partial charge in [0.25, 0.3) is 0 Å². The first kappa shape index (κ1) is 9.50. The van der Waals surface area contributed by atoms with Gasteiger partial charge in [-0.05, 0) is 26.8 Å². The Labute approximate surface area is 74.1 Å². The lowest BCUT2D eigenvalue weighted by Gasteiger charge is -2.35. The normalized spacial score (nSPS) is 31.9. The Balaban J connectivity index is 2.51. The van der Waals surface area contributed by atoms with Crippen molar-refractivity contribution in [1.29, 1.82) is 5.26 Å². The molecule has 0 aromatic carbocycles. The molecule has 0 aromatic heterocycles. The van der Waals surface area contributed by atoms with E-state index >= 15 is 0 Å². The molecular weight excluding hydrogens is 150 g/mol. The van der Waals surface area contributed by atoms with Crippen molar-refractivity contribution < 1.29 is 0 Å². The van der Waals surface area contributed by atoms with Crippen molar-refractivity contribution in [2.24, 2.45) is 11.7 Å². The van der Waals surface area contributed by atoms with Gasteiger partial charge in [0.05, 0.1) is 12.0 Å². The van der Waals surface area contributed by atoms with Gasteiger partial charge in [-0.25, -0.2) is 0 Å². The zero-order valence-electron chi connectivity index (χ0n) is 7.83. The Bertz CT molecular complexity index is 183. The summed E-state index contributed by atoms with van der Waals surface area (Å²) in [4.78, 5) is 2.32. The fourth-order valence-electron chi connectivity index (χ4n) is 1.60. The number of nitriles is 1. The Morgan fingerprint density at radius 3 is 2.75 bits per heavy atom. The van der Waals surface area contributed by atoms with E-state index in [9.17, 15) is 0 Å². The van der Waals surface area contributed by atoms with Crippen LogP contribution in [-0.2, 0) is 0 Å². The van der Waals surface area contributed by atoms with Crippen molar-refractivity contribution in [3.05, 3.63) is 0 Å². The number of piperidine rings is 1. The second-order valence-corrected chi connectivity index (χ2v) is 3.78. The highest BCUT2D eigenvalue weighted by Crippen LogP contribution is 2.16. The molecule has 3 heteroatoms. The Morgan fingerprint density at radius 2 is 2.25 bits per heavy atom. The fourth-order valence-corrected chi connectivity index (χ4v) is 1.60. The molecule has 0 bridgehead atoms. The van der Waals surface area contributed by atoms with Crippen molar-refractivity contribution in [3.63, 3.8) is 0 Å². The van der Waals surface area contributed by atoms with Gasteiger partial charge in [0.15, 0.2) is 0 Å². The first-order valence-electron chi connectivity index (χ1n) is 4.54. The van der Waals surface area contributed by atoms with Crippen molar-refractivity contribution in [2.75, 3.05) is 13.1 Å².